The molecule has 1 saturated carbocycles. The Balaban J connectivity index is 1.79. The molecule has 2 rings (SSSR count). The van der Waals surface area contributed by atoms with Gasteiger partial charge in [-0.1, -0.05) is 0 Å². The lowest BCUT2D eigenvalue weighted by Gasteiger charge is -2.00. The molecule has 7 heteroatoms. The summed E-state index contributed by atoms with van der Waals surface area (Å²) in [6.07, 6.45) is 3.91. The molecular weight excluding hydrogens is 212 g/mol. The predicted molar refractivity (Wildman–Crippen MR) is 54.7 cm³/mol. The average molecular weight is 224 g/mol. The van der Waals surface area contributed by atoms with Gasteiger partial charge in [0.15, 0.2) is 0 Å². The van der Waals surface area contributed by atoms with Gasteiger partial charge in [0.25, 0.3) is 0 Å². The summed E-state index contributed by atoms with van der Waals surface area (Å²) >= 11 is 0. The first-order valence-electron chi connectivity index (χ1n) is 5.12. The second-order valence-electron chi connectivity index (χ2n) is 3.79. The van der Waals surface area contributed by atoms with Crippen molar-refractivity contribution in [2.24, 2.45) is 0 Å². The number of nitrogens with one attached hydrogen (secondary N) is 1. The van der Waals surface area contributed by atoms with Gasteiger partial charge in [-0.15, -0.1) is 0 Å². The zero-order valence-electron chi connectivity index (χ0n) is 8.63. The van der Waals surface area contributed by atoms with Crippen molar-refractivity contribution in [3.63, 3.8) is 0 Å². The summed E-state index contributed by atoms with van der Waals surface area (Å²) < 4.78 is 1.41. The van der Waals surface area contributed by atoms with E-state index in [1.807, 2.05) is 0 Å². The van der Waals surface area contributed by atoms with Crippen LogP contribution in [-0.4, -0.2) is 26.7 Å². The number of rotatable bonds is 5. The first-order valence-corrected chi connectivity index (χ1v) is 5.12. The molecule has 1 fully saturated rings. The van der Waals surface area contributed by atoms with Crippen LogP contribution in [0.5, 0.6) is 0 Å². The summed E-state index contributed by atoms with van der Waals surface area (Å²) in [6, 6.07) is 1.66. The van der Waals surface area contributed by atoms with Gasteiger partial charge in [0, 0.05) is 12.5 Å². The molecule has 1 N–H and O–H groups in total. The van der Waals surface area contributed by atoms with E-state index in [-0.39, 0.29) is 11.7 Å². The maximum absolute atomic E-state index is 11.3. The third kappa shape index (κ3) is 2.78. The van der Waals surface area contributed by atoms with Crippen molar-refractivity contribution in [3.8, 4) is 0 Å². The normalized spacial score (nSPS) is 14.8. The Hall–Kier alpha value is -1.92. The van der Waals surface area contributed by atoms with Gasteiger partial charge in [0.05, 0.1) is 23.9 Å². The maximum atomic E-state index is 11.3. The van der Waals surface area contributed by atoms with E-state index < -0.39 is 4.92 Å². The van der Waals surface area contributed by atoms with Crippen LogP contribution < -0.4 is 5.32 Å². The summed E-state index contributed by atoms with van der Waals surface area (Å²) in [7, 11) is 0. The highest BCUT2D eigenvalue weighted by atomic mass is 16.6. The van der Waals surface area contributed by atoms with Crippen molar-refractivity contribution < 1.29 is 9.72 Å². The Labute approximate surface area is 91.6 Å². The lowest BCUT2D eigenvalue weighted by molar-refractivity contribution is -0.389. The summed E-state index contributed by atoms with van der Waals surface area (Å²) in [5.74, 6) is -0.219. The van der Waals surface area contributed by atoms with E-state index in [4.69, 9.17) is 0 Å². The standard InChI is InChI=1S/C9H12N4O3/c14-9(10-7-1-2-7)4-6-12-5-3-8(11-12)13(15)16/h3,5,7H,1-2,4,6H2,(H,10,14). The minimum Gasteiger partial charge on any atom is -0.358 e. The number of amides is 1. The van der Waals surface area contributed by atoms with E-state index in [2.05, 4.69) is 10.4 Å². The molecule has 1 aliphatic rings. The Kier molecular flexibility index (Phi) is 2.84. The fourth-order valence-corrected chi connectivity index (χ4v) is 1.32. The van der Waals surface area contributed by atoms with Crippen LogP contribution in [0, 0.1) is 10.1 Å². The molecule has 1 aliphatic carbocycles. The third-order valence-corrected chi connectivity index (χ3v) is 2.32. The lowest BCUT2D eigenvalue weighted by Crippen LogP contribution is -2.26. The van der Waals surface area contributed by atoms with Crippen LogP contribution in [0.25, 0.3) is 0 Å². The predicted octanol–water partition coefficient (Wildman–Crippen LogP) is 0.460. The molecule has 1 aromatic heterocycles. The molecule has 1 amide bonds. The first kappa shape index (κ1) is 10.6. The van der Waals surface area contributed by atoms with Crippen molar-refractivity contribution in [2.45, 2.75) is 31.8 Å². The van der Waals surface area contributed by atoms with Gasteiger partial charge in [-0.3, -0.25) is 4.79 Å². The van der Waals surface area contributed by atoms with Gasteiger partial charge in [0.2, 0.25) is 5.91 Å². The third-order valence-electron chi connectivity index (χ3n) is 2.32. The molecule has 0 aromatic carbocycles. The summed E-state index contributed by atoms with van der Waals surface area (Å²) in [4.78, 5) is 21.1. The Bertz CT molecular complexity index is 411. The Morgan fingerprint density at radius 2 is 2.44 bits per heavy atom. The van der Waals surface area contributed by atoms with Crippen LogP contribution in [0.3, 0.4) is 0 Å². The molecular formula is C9H12N4O3. The van der Waals surface area contributed by atoms with E-state index in [1.54, 1.807) is 0 Å². The summed E-state index contributed by atoms with van der Waals surface area (Å²) in [6.45, 7) is 0.367. The highest BCUT2D eigenvalue weighted by molar-refractivity contribution is 5.76. The number of hydrogen-bond acceptors (Lipinski definition) is 4. The number of aromatic nitrogens is 2. The minimum atomic E-state index is -0.555. The molecule has 0 bridgehead atoms. The summed E-state index contributed by atoms with van der Waals surface area (Å²) in [5.41, 5.74) is 0. The van der Waals surface area contributed by atoms with Crippen LogP contribution >= 0.6 is 0 Å². The second kappa shape index (κ2) is 4.30. The molecule has 0 radical (unpaired) electrons. The zero-order valence-corrected chi connectivity index (χ0v) is 8.63. The minimum absolute atomic E-state index is 0.0272. The van der Waals surface area contributed by atoms with Crippen LogP contribution in [0.2, 0.25) is 0 Å². The highest BCUT2D eigenvalue weighted by Crippen LogP contribution is 2.18. The van der Waals surface area contributed by atoms with Gasteiger partial charge in [-0.25, -0.2) is 0 Å². The largest absolute Gasteiger partial charge is 0.389 e. The molecule has 0 unspecified atom stereocenters. The van der Waals surface area contributed by atoms with Crippen molar-refractivity contribution >= 4 is 11.7 Å². The van der Waals surface area contributed by atoms with E-state index in [0.29, 0.717) is 19.0 Å². The van der Waals surface area contributed by atoms with Gasteiger partial charge in [-0.2, -0.15) is 4.68 Å². The zero-order chi connectivity index (χ0) is 11.5. The van der Waals surface area contributed by atoms with Gasteiger partial charge in [0.1, 0.15) is 0 Å². The van der Waals surface area contributed by atoms with Gasteiger partial charge < -0.3 is 15.4 Å². The van der Waals surface area contributed by atoms with E-state index in [9.17, 15) is 14.9 Å². The van der Waals surface area contributed by atoms with Crippen LogP contribution in [0.1, 0.15) is 19.3 Å². The van der Waals surface area contributed by atoms with Crippen LogP contribution in [0.15, 0.2) is 12.3 Å². The second-order valence-corrected chi connectivity index (χ2v) is 3.79. The lowest BCUT2D eigenvalue weighted by atomic mass is 10.4. The smallest absolute Gasteiger partial charge is 0.358 e. The monoisotopic (exact) mass is 224 g/mol. The first-order chi connectivity index (χ1) is 7.65. The number of hydrogen-bond donors (Lipinski definition) is 1. The highest BCUT2D eigenvalue weighted by Gasteiger charge is 2.23. The number of nitro groups is 1. The van der Waals surface area contributed by atoms with Gasteiger partial charge >= 0.3 is 5.82 Å². The van der Waals surface area contributed by atoms with Crippen molar-refractivity contribution in [1.29, 1.82) is 0 Å². The topological polar surface area (TPSA) is 90.1 Å². The van der Waals surface area contributed by atoms with Crippen molar-refractivity contribution in [3.05, 3.63) is 22.4 Å². The average Bonchev–Trinajstić information content (AvgIpc) is 2.91. The van der Waals surface area contributed by atoms with Crippen LogP contribution in [-0.2, 0) is 11.3 Å². The van der Waals surface area contributed by atoms with Crippen LogP contribution in [0.4, 0.5) is 5.82 Å². The van der Waals surface area contributed by atoms with E-state index in [0.717, 1.165) is 12.8 Å². The number of aryl methyl sites for hydroxylation is 1. The Morgan fingerprint density at radius 3 is 3.00 bits per heavy atom. The fraction of sp³-hybridized carbons (Fsp3) is 0.556. The molecule has 1 heterocycles. The molecule has 16 heavy (non-hydrogen) atoms. The molecule has 0 spiro atoms. The van der Waals surface area contributed by atoms with Crippen molar-refractivity contribution in [2.75, 3.05) is 0 Å². The van der Waals surface area contributed by atoms with E-state index >= 15 is 0 Å². The van der Waals surface area contributed by atoms with Gasteiger partial charge in [-0.05, 0) is 17.8 Å². The quantitative estimate of drug-likeness (QED) is 0.581. The van der Waals surface area contributed by atoms with E-state index in [1.165, 1.54) is 16.9 Å². The number of carbonyl (C=O) groups is 1. The molecule has 86 valence electrons. The molecule has 1 aromatic rings. The molecule has 0 atom stereocenters. The summed E-state index contributed by atoms with van der Waals surface area (Å²) in [5, 5.41) is 16.9. The molecule has 0 saturated heterocycles. The molecule has 0 aliphatic heterocycles. The molecule has 7 nitrogen and oxygen atoms in total. The SMILES string of the molecule is O=C(CCn1ccc([N+](=O)[O-])n1)NC1CC1. The Morgan fingerprint density at radius 1 is 1.69 bits per heavy atom. The number of carbonyl (C=O) groups excluding carboxylic acids is 1. The fourth-order valence-electron chi connectivity index (χ4n) is 1.32. The van der Waals surface area contributed by atoms with Crippen molar-refractivity contribution in [1.82, 2.24) is 15.1 Å². The maximum Gasteiger partial charge on any atom is 0.389 e. The number of nitrogens with zero attached hydrogens (tertiary/aromatic N) is 3.